The van der Waals surface area contributed by atoms with Crippen molar-refractivity contribution in [2.45, 2.75) is 23.6 Å². The summed E-state index contributed by atoms with van der Waals surface area (Å²) in [6.45, 7) is 3.90. The number of allylic oxidation sites excluding steroid dienone is 2. The quantitative estimate of drug-likeness (QED) is 0.213. The normalized spacial score (nSPS) is 12.3. The number of para-hydroxylation sites is 2. The summed E-state index contributed by atoms with van der Waals surface area (Å²) in [5.41, 5.74) is 3.76. The minimum atomic E-state index is -0.293. The van der Waals surface area contributed by atoms with E-state index in [1.807, 2.05) is 86.9 Å². The van der Waals surface area contributed by atoms with Gasteiger partial charge in [-0.25, -0.2) is 0 Å². The lowest BCUT2D eigenvalue weighted by Gasteiger charge is -2.30. The maximum Gasteiger partial charge on any atom is 0.328 e. The van der Waals surface area contributed by atoms with Crippen LogP contribution in [0.5, 0.6) is 0 Å². The van der Waals surface area contributed by atoms with Crippen LogP contribution in [0.15, 0.2) is 88.4 Å². The van der Waals surface area contributed by atoms with Crippen LogP contribution < -0.4 is 9.47 Å². The number of aromatic nitrogens is 1. The Bertz CT molecular complexity index is 1260. The molecule has 31 heavy (non-hydrogen) atoms. The summed E-state index contributed by atoms with van der Waals surface area (Å²) >= 11 is 1.62. The molecule has 6 heteroatoms. The van der Waals surface area contributed by atoms with Gasteiger partial charge in [0.15, 0.2) is 12.4 Å². The van der Waals surface area contributed by atoms with E-state index in [4.69, 9.17) is 5.41 Å². The minimum Gasteiger partial charge on any atom is -0.270 e. The standard InChI is InChI=1S/C25H19N4OS/c1-17-11-18(2)16-28(15-17)22(12-19(13-26)14-27)25(30)29-20-7-3-5-9-23(20)31-24-10-6-4-8-21(24)29/h3-12,15-16,26H,1-2H3/q+1/b22-12-. The molecule has 150 valence electrons. The van der Waals surface area contributed by atoms with Crippen molar-refractivity contribution in [2.24, 2.45) is 0 Å². The monoisotopic (exact) mass is 423 g/mol. The van der Waals surface area contributed by atoms with Crippen LogP contribution in [0.25, 0.3) is 5.70 Å². The number of benzene rings is 2. The van der Waals surface area contributed by atoms with Crippen molar-refractivity contribution >= 4 is 40.6 Å². The highest BCUT2D eigenvalue weighted by atomic mass is 32.2. The van der Waals surface area contributed by atoms with E-state index in [1.54, 1.807) is 21.2 Å². The Labute approximate surface area is 185 Å². The van der Waals surface area contributed by atoms with Gasteiger partial charge in [0.1, 0.15) is 11.6 Å². The molecule has 0 aliphatic carbocycles. The fourth-order valence-corrected chi connectivity index (χ4v) is 4.62. The molecule has 1 aromatic heterocycles. The highest BCUT2D eigenvalue weighted by Gasteiger charge is 2.34. The van der Waals surface area contributed by atoms with E-state index >= 15 is 0 Å². The maximum absolute atomic E-state index is 14.0. The van der Waals surface area contributed by atoms with E-state index in [2.05, 4.69) is 5.87 Å². The highest BCUT2D eigenvalue weighted by molar-refractivity contribution is 7.99. The number of pyridine rings is 1. The number of hydrogen-bond acceptors (Lipinski definition) is 4. The summed E-state index contributed by atoms with van der Waals surface area (Å²) in [6.07, 6.45) is 5.10. The number of fused-ring (bicyclic) bond motifs is 2. The number of nitrogens with one attached hydrogen (secondary N) is 1. The first-order valence-corrected chi connectivity index (χ1v) is 10.5. The number of nitriles is 1. The first-order valence-electron chi connectivity index (χ1n) is 9.63. The molecule has 0 radical (unpaired) electrons. The predicted octanol–water partition coefficient (Wildman–Crippen LogP) is 4.96. The fourth-order valence-electron chi connectivity index (χ4n) is 3.57. The van der Waals surface area contributed by atoms with E-state index in [0.29, 0.717) is 0 Å². The molecule has 1 aliphatic rings. The van der Waals surface area contributed by atoms with Gasteiger partial charge in [-0.3, -0.25) is 15.1 Å². The smallest absolute Gasteiger partial charge is 0.270 e. The van der Waals surface area contributed by atoms with Crippen molar-refractivity contribution in [3.63, 3.8) is 0 Å². The Morgan fingerprint density at radius 1 is 1.03 bits per heavy atom. The summed E-state index contributed by atoms with van der Waals surface area (Å²) in [5, 5.41) is 16.8. The van der Waals surface area contributed by atoms with Gasteiger partial charge >= 0.3 is 5.91 Å². The number of rotatable bonds is 3. The summed E-state index contributed by atoms with van der Waals surface area (Å²) < 4.78 is 1.72. The molecule has 0 atom stereocenters. The first-order chi connectivity index (χ1) is 15.0. The molecule has 1 aliphatic heterocycles. The zero-order valence-corrected chi connectivity index (χ0v) is 17.9. The number of nitrogens with zero attached hydrogens (tertiary/aromatic N) is 3. The van der Waals surface area contributed by atoms with Crippen LogP contribution in [-0.4, -0.2) is 11.8 Å². The topological polar surface area (TPSA) is 71.8 Å². The average molecular weight is 424 g/mol. The number of anilines is 2. The van der Waals surface area contributed by atoms with E-state index in [9.17, 15) is 10.1 Å². The maximum atomic E-state index is 14.0. The summed E-state index contributed by atoms with van der Waals surface area (Å²) in [6, 6.07) is 19.4. The molecular formula is C25H19N4OS+. The molecular weight excluding hydrogens is 404 g/mol. The second-order valence-corrected chi connectivity index (χ2v) is 8.24. The van der Waals surface area contributed by atoms with Gasteiger partial charge in [0.25, 0.3) is 5.70 Å². The zero-order valence-electron chi connectivity index (χ0n) is 17.1. The van der Waals surface area contributed by atoms with Gasteiger partial charge in [0.2, 0.25) is 0 Å². The highest BCUT2D eigenvalue weighted by Crippen LogP contribution is 2.48. The molecule has 2 aromatic carbocycles. The lowest BCUT2D eigenvalue weighted by Crippen LogP contribution is -2.43. The molecule has 0 unspecified atom stereocenters. The molecule has 1 amide bonds. The van der Waals surface area contributed by atoms with Gasteiger partial charge in [0.05, 0.1) is 11.4 Å². The second-order valence-electron chi connectivity index (χ2n) is 7.16. The second kappa shape index (κ2) is 8.45. The fraction of sp³-hybridized carbons (Fsp3) is 0.0800. The van der Waals surface area contributed by atoms with Crippen molar-refractivity contribution in [3.05, 3.63) is 89.8 Å². The van der Waals surface area contributed by atoms with Crippen molar-refractivity contribution < 1.29 is 9.36 Å². The van der Waals surface area contributed by atoms with Crippen molar-refractivity contribution in [2.75, 3.05) is 4.90 Å². The SMILES string of the molecule is Cc1cc(C)c[n+](/C(=C\C(=C=N)C#N)C(=O)N2c3ccccc3Sc3ccccc32)c1. The van der Waals surface area contributed by atoms with Gasteiger partial charge < -0.3 is 0 Å². The predicted molar refractivity (Wildman–Crippen MR) is 121 cm³/mol. The average Bonchev–Trinajstić information content (AvgIpc) is 2.77. The van der Waals surface area contributed by atoms with Gasteiger partial charge in [-0.15, -0.1) is 0 Å². The third kappa shape index (κ3) is 3.93. The van der Waals surface area contributed by atoms with Gasteiger partial charge in [-0.2, -0.15) is 9.83 Å². The Morgan fingerprint density at radius 2 is 1.58 bits per heavy atom. The van der Waals surface area contributed by atoms with E-state index in [1.165, 1.54) is 6.08 Å². The molecule has 3 aromatic rings. The Hall–Kier alpha value is -3.91. The number of hydrogen-bond donors (Lipinski definition) is 1. The molecule has 5 nitrogen and oxygen atoms in total. The van der Waals surface area contributed by atoms with E-state index in [0.717, 1.165) is 32.3 Å². The molecule has 2 heterocycles. The summed E-state index contributed by atoms with van der Waals surface area (Å²) in [5.74, 6) is 1.82. The zero-order chi connectivity index (χ0) is 22.0. The Balaban J connectivity index is 1.95. The lowest BCUT2D eigenvalue weighted by molar-refractivity contribution is -0.578. The molecule has 4 rings (SSSR count). The van der Waals surface area contributed by atoms with Gasteiger partial charge in [-0.1, -0.05) is 36.0 Å². The first kappa shape index (κ1) is 20.4. The summed E-state index contributed by atoms with van der Waals surface area (Å²) in [7, 11) is 0. The Morgan fingerprint density at radius 3 is 2.10 bits per heavy atom. The van der Waals surface area contributed by atoms with Crippen LogP contribution in [0.4, 0.5) is 11.4 Å². The van der Waals surface area contributed by atoms with Crippen LogP contribution in [0.2, 0.25) is 0 Å². The molecule has 0 saturated heterocycles. The third-order valence-corrected chi connectivity index (χ3v) is 5.94. The molecule has 0 bridgehead atoms. The van der Waals surface area contributed by atoms with Crippen molar-refractivity contribution in [1.82, 2.24) is 0 Å². The Kier molecular flexibility index (Phi) is 5.55. The number of carbonyl (C=O) groups is 1. The van der Waals surface area contributed by atoms with Crippen LogP contribution in [0, 0.1) is 30.6 Å². The van der Waals surface area contributed by atoms with Crippen LogP contribution in [0.3, 0.4) is 0 Å². The number of aryl methyl sites for hydroxylation is 2. The van der Waals surface area contributed by atoms with Crippen molar-refractivity contribution in [3.8, 4) is 6.07 Å². The van der Waals surface area contributed by atoms with E-state index < -0.39 is 0 Å². The molecule has 1 N–H and O–H groups in total. The van der Waals surface area contributed by atoms with Crippen LogP contribution in [-0.2, 0) is 4.79 Å². The van der Waals surface area contributed by atoms with E-state index in [-0.39, 0.29) is 17.2 Å². The van der Waals surface area contributed by atoms with Crippen LogP contribution >= 0.6 is 11.8 Å². The summed E-state index contributed by atoms with van der Waals surface area (Å²) in [4.78, 5) is 17.7. The van der Waals surface area contributed by atoms with Crippen LogP contribution in [0.1, 0.15) is 11.1 Å². The van der Waals surface area contributed by atoms with Gasteiger partial charge in [0, 0.05) is 27.0 Å². The minimum absolute atomic E-state index is 0.0250. The van der Waals surface area contributed by atoms with Crippen molar-refractivity contribution in [1.29, 1.82) is 10.7 Å². The molecule has 0 saturated carbocycles. The van der Waals surface area contributed by atoms with Gasteiger partial charge in [-0.05, 0) is 50.0 Å². The number of amides is 1. The molecule has 0 spiro atoms. The molecule has 0 fully saturated rings. The number of carbonyl (C=O) groups excluding carboxylic acids is 1. The lowest BCUT2D eigenvalue weighted by atomic mass is 10.1. The largest absolute Gasteiger partial charge is 0.328 e. The third-order valence-electron chi connectivity index (χ3n) is 4.81.